The Kier molecular flexibility index (Phi) is 5.49. The van der Waals surface area contributed by atoms with Gasteiger partial charge in [0, 0.05) is 9.50 Å². The van der Waals surface area contributed by atoms with Crippen LogP contribution >= 0.6 is 27.5 Å². The predicted molar refractivity (Wildman–Crippen MR) is 108 cm³/mol. The number of allylic oxidation sites excluding steroid dienone is 1. The molecule has 0 saturated carbocycles. The van der Waals surface area contributed by atoms with E-state index >= 15 is 0 Å². The lowest BCUT2D eigenvalue weighted by Crippen LogP contribution is -2.11. The first-order chi connectivity index (χ1) is 13.0. The number of halogens is 2. The minimum Gasteiger partial charge on any atom is -0.493 e. The van der Waals surface area contributed by atoms with Crippen molar-refractivity contribution in [2.24, 2.45) is 0 Å². The number of fused-ring (bicyclic) bond motifs is 1. The molecule has 3 rings (SSSR count). The zero-order valence-corrected chi connectivity index (χ0v) is 16.7. The molecule has 0 aliphatic carbocycles. The van der Waals surface area contributed by atoms with Crippen molar-refractivity contribution in [2.75, 3.05) is 14.2 Å². The van der Waals surface area contributed by atoms with Gasteiger partial charge in [0.15, 0.2) is 17.3 Å². The smallest absolute Gasteiger partial charge is 0.259 e. The van der Waals surface area contributed by atoms with E-state index in [1.54, 1.807) is 36.4 Å². The predicted octanol–water partition coefficient (Wildman–Crippen LogP) is 4.42. The molecule has 136 valence electrons. The van der Waals surface area contributed by atoms with E-state index in [-0.39, 0.29) is 17.0 Å². The number of nitriles is 1. The average Bonchev–Trinajstić information content (AvgIpc) is 2.66. The van der Waals surface area contributed by atoms with Crippen molar-refractivity contribution in [3.63, 3.8) is 0 Å². The summed E-state index contributed by atoms with van der Waals surface area (Å²) >= 11 is 9.43. The standard InChI is InChI=1S/C19H13BrClN3O3/c1-26-16-6-10(14(20)8-17(16)27-2)5-11(9-22)18-23-15-7-12(21)3-4-13(15)19(25)24-18/h3-8H,1-2H3,(H,23,24,25)/b11-5+. The van der Waals surface area contributed by atoms with Crippen LogP contribution in [0, 0.1) is 11.3 Å². The minimum absolute atomic E-state index is 0.152. The topological polar surface area (TPSA) is 88.0 Å². The third kappa shape index (κ3) is 3.82. The van der Waals surface area contributed by atoms with E-state index in [0.717, 1.165) is 0 Å². The molecule has 0 atom stereocenters. The first-order valence-corrected chi connectivity index (χ1v) is 8.87. The monoisotopic (exact) mass is 445 g/mol. The molecular formula is C19H13BrClN3O3. The summed E-state index contributed by atoms with van der Waals surface area (Å²) in [7, 11) is 3.06. The van der Waals surface area contributed by atoms with Gasteiger partial charge in [-0.3, -0.25) is 4.79 Å². The lowest BCUT2D eigenvalue weighted by atomic mass is 10.1. The van der Waals surface area contributed by atoms with Gasteiger partial charge in [0.2, 0.25) is 0 Å². The van der Waals surface area contributed by atoms with Gasteiger partial charge >= 0.3 is 0 Å². The van der Waals surface area contributed by atoms with Crippen molar-refractivity contribution in [2.45, 2.75) is 0 Å². The van der Waals surface area contributed by atoms with Gasteiger partial charge in [0.05, 0.1) is 30.7 Å². The van der Waals surface area contributed by atoms with Crippen molar-refractivity contribution >= 4 is 50.1 Å². The molecule has 1 aromatic heterocycles. The summed E-state index contributed by atoms with van der Waals surface area (Å²) in [6.07, 6.45) is 1.60. The van der Waals surface area contributed by atoms with E-state index in [2.05, 4.69) is 32.0 Å². The highest BCUT2D eigenvalue weighted by molar-refractivity contribution is 9.10. The van der Waals surface area contributed by atoms with E-state index in [0.29, 0.717) is 37.5 Å². The van der Waals surface area contributed by atoms with Crippen LogP contribution in [0.15, 0.2) is 39.6 Å². The first kappa shape index (κ1) is 19.0. The lowest BCUT2D eigenvalue weighted by Gasteiger charge is -2.10. The van der Waals surface area contributed by atoms with E-state index in [1.807, 2.05) is 0 Å². The quantitative estimate of drug-likeness (QED) is 0.599. The maximum absolute atomic E-state index is 12.3. The number of aromatic amines is 1. The fraction of sp³-hybridized carbons (Fsp3) is 0.105. The number of benzene rings is 2. The zero-order valence-electron chi connectivity index (χ0n) is 14.3. The third-order valence-electron chi connectivity index (χ3n) is 3.85. The molecule has 3 aromatic rings. The highest BCUT2D eigenvalue weighted by atomic mass is 79.9. The van der Waals surface area contributed by atoms with Crippen molar-refractivity contribution in [3.05, 3.63) is 61.6 Å². The number of hydrogen-bond acceptors (Lipinski definition) is 5. The number of rotatable bonds is 4. The van der Waals surface area contributed by atoms with Gasteiger partial charge < -0.3 is 14.5 Å². The molecular weight excluding hydrogens is 434 g/mol. The Hall–Kier alpha value is -2.82. The summed E-state index contributed by atoms with van der Waals surface area (Å²) in [5.41, 5.74) is 0.910. The fourth-order valence-corrected chi connectivity index (χ4v) is 3.13. The van der Waals surface area contributed by atoms with Crippen molar-refractivity contribution in [1.82, 2.24) is 9.97 Å². The van der Waals surface area contributed by atoms with Gasteiger partial charge in [-0.1, -0.05) is 27.5 Å². The summed E-state index contributed by atoms with van der Waals surface area (Å²) < 4.78 is 11.2. The molecule has 8 heteroatoms. The van der Waals surface area contributed by atoms with Crippen LogP contribution in [0.2, 0.25) is 5.02 Å². The highest BCUT2D eigenvalue weighted by Crippen LogP contribution is 2.34. The Morgan fingerprint density at radius 3 is 2.63 bits per heavy atom. The second-order valence-electron chi connectivity index (χ2n) is 5.47. The normalized spacial score (nSPS) is 11.3. The Morgan fingerprint density at radius 2 is 1.96 bits per heavy atom. The van der Waals surface area contributed by atoms with Crippen molar-refractivity contribution in [3.8, 4) is 17.6 Å². The SMILES string of the molecule is COc1cc(Br)c(/C=C(\C#N)c2nc3cc(Cl)ccc3c(=O)[nH]2)cc1OC. The Balaban J connectivity index is 2.17. The fourth-order valence-electron chi connectivity index (χ4n) is 2.53. The van der Waals surface area contributed by atoms with E-state index < -0.39 is 0 Å². The van der Waals surface area contributed by atoms with E-state index in [4.69, 9.17) is 21.1 Å². The van der Waals surface area contributed by atoms with Gasteiger partial charge in [0.1, 0.15) is 6.07 Å². The number of aromatic nitrogens is 2. The van der Waals surface area contributed by atoms with Crippen LogP contribution in [0.4, 0.5) is 0 Å². The maximum atomic E-state index is 12.3. The molecule has 0 radical (unpaired) electrons. The number of H-pyrrole nitrogens is 1. The van der Waals surface area contributed by atoms with Gasteiger partial charge in [-0.25, -0.2) is 4.98 Å². The molecule has 1 heterocycles. The molecule has 0 aliphatic rings. The largest absolute Gasteiger partial charge is 0.493 e. The number of hydrogen-bond donors (Lipinski definition) is 1. The number of methoxy groups -OCH3 is 2. The summed E-state index contributed by atoms with van der Waals surface area (Å²) in [6.45, 7) is 0. The van der Waals surface area contributed by atoms with Gasteiger partial charge in [-0.2, -0.15) is 5.26 Å². The highest BCUT2D eigenvalue weighted by Gasteiger charge is 2.12. The summed E-state index contributed by atoms with van der Waals surface area (Å²) in [4.78, 5) is 19.3. The Morgan fingerprint density at radius 1 is 1.26 bits per heavy atom. The molecule has 0 unspecified atom stereocenters. The molecule has 0 fully saturated rings. The molecule has 0 saturated heterocycles. The van der Waals surface area contributed by atoms with Crippen LogP contribution in [-0.2, 0) is 0 Å². The zero-order chi connectivity index (χ0) is 19.6. The van der Waals surface area contributed by atoms with Crippen LogP contribution in [-0.4, -0.2) is 24.2 Å². The van der Waals surface area contributed by atoms with Crippen LogP contribution in [0.1, 0.15) is 11.4 Å². The molecule has 6 nitrogen and oxygen atoms in total. The first-order valence-electron chi connectivity index (χ1n) is 7.70. The third-order valence-corrected chi connectivity index (χ3v) is 4.77. The van der Waals surface area contributed by atoms with Crippen molar-refractivity contribution < 1.29 is 9.47 Å². The van der Waals surface area contributed by atoms with Crippen molar-refractivity contribution in [1.29, 1.82) is 5.26 Å². The minimum atomic E-state index is -0.348. The number of ether oxygens (including phenoxy) is 2. The second kappa shape index (κ2) is 7.82. The van der Waals surface area contributed by atoms with Gasteiger partial charge in [0.25, 0.3) is 5.56 Å². The summed E-state index contributed by atoms with van der Waals surface area (Å²) in [5, 5.41) is 10.5. The van der Waals surface area contributed by atoms with Gasteiger partial charge in [-0.15, -0.1) is 0 Å². The summed E-state index contributed by atoms with van der Waals surface area (Å²) in [6, 6.07) is 10.3. The lowest BCUT2D eigenvalue weighted by molar-refractivity contribution is 0.354. The average molecular weight is 447 g/mol. The van der Waals surface area contributed by atoms with Crippen LogP contribution in [0.25, 0.3) is 22.6 Å². The van der Waals surface area contributed by atoms with Crippen LogP contribution in [0.3, 0.4) is 0 Å². The van der Waals surface area contributed by atoms with E-state index in [9.17, 15) is 10.1 Å². The molecule has 0 amide bonds. The molecule has 2 aromatic carbocycles. The molecule has 0 spiro atoms. The second-order valence-corrected chi connectivity index (χ2v) is 6.77. The van der Waals surface area contributed by atoms with Gasteiger partial charge in [-0.05, 0) is 42.0 Å². The molecule has 27 heavy (non-hydrogen) atoms. The molecule has 0 bridgehead atoms. The van der Waals surface area contributed by atoms with Crippen LogP contribution < -0.4 is 15.0 Å². The maximum Gasteiger partial charge on any atom is 0.259 e. The molecule has 1 N–H and O–H groups in total. The molecule has 0 aliphatic heterocycles. The van der Waals surface area contributed by atoms with Crippen LogP contribution in [0.5, 0.6) is 11.5 Å². The Bertz CT molecular complexity index is 1170. The van der Waals surface area contributed by atoms with E-state index in [1.165, 1.54) is 14.2 Å². The summed E-state index contributed by atoms with van der Waals surface area (Å²) in [5.74, 6) is 1.21. The number of nitrogens with one attached hydrogen (secondary N) is 1. The number of nitrogens with zero attached hydrogens (tertiary/aromatic N) is 2. The Labute approximate surface area is 168 Å².